The smallest absolute Gasteiger partial charge is 0.247 e. The first kappa shape index (κ1) is 19.3. The van der Waals surface area contributed by atoms with Crippen LogP contribution in [-0.2, 0) is 16.0 Å². The minimum atomic E-state index is -0.257. The molecule has 2 aromatic rings. The topological polar surface area (TPSA) is 55.9 Å². The second kappa shape index (κ2) is 7.85. The highest BCUT2D eigenvalue weighted by atomic mass is 16.2. The van der Waals surface area contributed by atoms with E-state index in [0.29, 0.717) is 13.1 Å². The second-order valence-electron chi connectivity index (χ2n) is 8.45. The van der Waals surface area contributed by atoms with E-state index < -0.39 is 0 Å². The lowest BCUT2D eigenvalue weighted by atomic mass is 9.83. The fourth-order valence-corrected chi connectivity index (χ4v) is 5.16. The highest BCUT2D eigenvalue weighted by molar-refractivity contribution is 6.01. The molecule has 5 rings (SSSR count). The van der Waals surface area contributed by atoms with Crippen molar-refractivity contribution in [2.45, 2.75) is 25.8 Å². The van der Waals surface area contributed by atoms with Gasteiger partial charge in [-0.1, -0.05) is 43.3 Å². The predicted molar refractivity (Wildman–Crippen MR) is 117 cm³/mol. The number of likely N-dealkylation sites (tertiary alicyclic amines) is 1. The van der Waals surface area contributed by atoms with Crippen molar-refractivity contribution < 1.29 is 9.59 Å². The van der Waals surface area contributed by atoms with E-state index in [1.54, 1.807) is 5.01 Å². The molecule has 2 fully saturated rings. The van der Waals surface area contributed by atoms with Gasteiger partial charge in [0.15, 0.2) is 0 Å². The van der Waals surface area contributed by atoms with Crippen LogP contribution in [0.5, 0.6) is 0 Å². The van der Waals surface area contributed by atoms with Crippen LogP contribution in [0.15, 0.2) is 54.6 Å². The highest BCUT2D eigenvalue weighted by Crippen LogP contribution is 2.35. The number of rotatable bonds is 3. The third kappa shape index (κ3) is 3.20. The van der Waals surface area contributed by atoms with Crippen LogP contribution in [0.25, 0.3) is 0 Å². The molecule has 0 aliphatic carbocycles. The Morgan fingerprint density at radius 3 is 2.63 bits per heavy atom. The number of anilines is 2. The lowest BCUT2D eigenvalue weighted by Gasteiger charge is -2.41. The van der Waals surface area contributed by atoms with E-state index in [1.165, 1.54) is 5.56 Å². The summed E-state index contributed by atoms with van der Waals surface area (Å²) in [4.78, 5) is 31.3. The van der Waals surface area contributed by atoms with Crippen LogP contribution in [0.4, 0.5) is 11.4 Å². The van der Waals surface area contributed by atoms with Crippen LogP contribution in [0.1, 0.15) is 18.9 Å². The maximum Gasteiger partial charge on any atom is 0.247 e. The minimum Gasteiger partial charge on any atom is -0.312 e. The molecule has 0 radical (unpaired) electrons. The number of amides is 2. The van der Waals surface area contributed by atoms with Crippen LogP contribution in [0.3, 0.4) is 0 Å². The van der Waals surface area contributed by atoms with E-state index in [1.807, 2.05) is 53.4 Å². The summed E-state index contributed by atoms with van der Waals surface area (Å²) in [5.74, 6) is -0.285. The van der Waals surface area contributed by atoms with Crippen LogP contribution < -0.4 is 15.3 Å². The van der Waals surface area contributed by atoms with Gasteiger partial charge in [-0.25, -0.2) is 10.4 Å². The van der Waals surface area contributed by atoms with Gasteiger partial charge < -0.3 is 9.80 Å². The van der Waals surface area contributed by atoms with Crippen molar-refractivity contribution in [1.82, 2.24) is 10.3 Å². The first-order chi connectivity index (χ1) is 14.7. The van der Waals surface area contributed by atoms with Crippen molar-refractivity contribution in [1.29, 1.82) is 0 Å². The number of benzene rings is 2. The van der Waals surface area contributed by atoms with Gasteiger partial charge in [-0.3, -0.25) is 9.59 Å². The molecular weight excluding hydrogens is 376 g/mol. The molecule has 0 saturated carbocycles. The zero-order valence-electron chi connectivity index (χ0n) is 17.3. The molecule has 2 amide bonds. The number of nitrogens with zero attached hydrogens (tertiary/aromatic N) is 3. The van der Waals surface area contributed by atoms with Gasteiger partial charge in [-0.2, -0.15) is 0 Å². The summed E-state index contributed by atoms with van der Waals surface area (Å²) in [5.41, 5.74) is 6.50. The van der Waals surface area contributed by atoms with Gasteiger partial charge >= 0.3 is 0 Å². The number of hydrazine groups is 1. The lowest BCUT2D eigenvalue weighted by molar-refractivity contribution is -0.127. The monoisotopic (exact) mass is 404 g/mol. The number of nitrogens with one attached hydrogen (secondary N) is 1. The Kier molecular flexibility index (Phi) is 5.05. The van der Waals surface area contributed by atoms with Gasteiger partial charge in [0.2, 0.25) is 11.8 Å². The number of aryl methyl sites for hydroxylation is 1. The van der Waals surface area contributed by atoms with Gasteiger partial charge in [-0.05, 0) is 43.1 Å². The number of piperidine rings is 1. The number of carbonyl (C=O) groups is 2. The molecule has 3 unspecified atom stereocenters. The summed E-state index contributed by atoms with van der Waals surface area (Å²) >= 11 is 0. The average Bonchev–Trinajstić information content (AvgIpc) is 3.14. The fraction of sp³-hybridized carbons (Fsp3) is 0.417. The summed E-state index contributed by atoms with van der Waals surface area (Å²) in [5, 5.41) is 1.65. The molecule has 2 aromatic carbocycles. The second-order valence-corrected chi connectivity index (χ2v) is 8.45. The maximum absolute atomic E-state index is 13.8. The number of hydrogen-bond donors (Lipinski definition) is 1. The molecule has 3 heterocycles. The summed E-state index contributed by atoms with van der Waals surface area (Å²) in [6.45, 7) is 5.04. The molecular formula is C24H28N4O2. The minimum absolute atomic E-state index is 0.0567. The van der Waals surface area contributed by atoms with Crippen LogP contribution in [0.2, 0.25) is 0 Å². The van der Waals surface area contributed by atoms with Crippen LogP contribution in [-0.4, -0.2) is 48.9 Å². The van der Waals surface area contributed by atoms with Crippen molar-refractivity contribution in [2.24, 2.45) is 11.8 Å². The van der Waals surface area contributed by atoms with Gasteiger partial charge in [0.05, 0.1) is 23.6 Å². The van der Waals surface area contributed by atoms with Crippen LogP contribution >= 0.6 is 0 Å². The standard InChI is InChI=1S/C24H28N4O2/c1-2-26-15-19(23(29)27-14-8-10-17-9-6-7-13-21(17)27)22-20(16-26)24(30)28(25-22)18-11-4-3-5-12-18/h3-7,9,11-13,19-20,22,25H,2,8,10,14-16H2,1H3. The van der Waals surface area contributed by atoms with Crippen molar-refractivity contribution in [3.8, 4) is 0 Å². The van der Waals surface area contributed by atoms with E-state index in [-0.39, 0.29) is 29.7 Å². The van der Waals surface area contributed by atoms with Crippen molar-refractivity contribution in [3.05, 3.63) is 60.2 Å². The SMILES string of the molecule is CCN1CC(C(=O)N2CCCc3ccccc32)C2NN(c3ccccc3)C(=O)C2C1. The number of para-hydroxylation sites is 2. The first-order valence-electron chi connectivity index (χ1n) is 10.9. The normalized spacial score (nSPS) is 26.4. The summed E-state index contributed by atoms with van der Waals surface area (Å²) < 4.78 is 0. The van der Waals surface area contributed by atoms with E-state index in [2.05, 4.69) is 23.3 Å². The van der Waals surface area contributed by atoms with E-state index in [0.717, 1.165) is 37.3 Å². The molecule has 3 aliphatic heterocycles. The molecule has 2 saturated heterocycles. The van der Waals surface area contributed by atoms with Gasteiger partial charge in [0.1, 0.15) is 0 Å². The van der Waals surface area contributed by atoms with E-state index in [9.17, 15) is 9.59 Å². The highest BCUT2D eigenvalue weighted by Gasteiger charge is 2.51. The van der Waals surface area contributed by atoms with Crippen LogP contribution in [0, 0.1) is 11.8 Å². The number of carbonyl (C=O) groups excluding carboxylic acids is 2. The lowest BCUT2D eigenvalue weighted by Crippen LogP contribution is -2.58. The molecule has 30 heavy (non-hydrogen) atoms. The Balaban J connectivity index is 1.46. The Bertz CT molecular complexity index is 947. The van der Waals surface area contributed by atoms with Crippen molar-refractivity contribution in [2.75, 3.05) is 36.1 Å². The van der Waals surface area contributed by atoms with Crippen molar-refractivity contribution >= 4 is 23.2 Å². The van der Waals surface area contributed by atoms with Gasteiger partial charge in [0.25, 0.3) is 0 Å². The first-order valence-corrected chi connectivity index (χ1v) is 10.9. The summed E-state index contributed by atoms with van der Waals surface area (Å²) in [6.07, 6.45) is 1.99. The molecule has 156 valence electrons. The Labute approximate surface area is 177 Å². The molecule has 1 N–H and O–H groups in total. The summed E-state index contributed by atoms with van der Waals surface area (Å²) in [6, 6.07) is 17.7. The molecule has 3 atom stereocenters. The van der Waals surface area contributed by atoms with E-state index in [4.69, 9.17) is 0 Å². The van der Waals surface area contributed by atoms with Crippen molar-refractivity contribution in [3.63, 3.8) is 0 Å². The average molecular weight is 405 g/mol. The maximum atomic E-state index is 13.8. The third-order valence-electron chi connectivity index (χ3n) is 6.75. The molecule has 6 heteroatoms. The largest absolute Gasteiger partial charge is 0.312 e. The molecule has 0 bridgehead atoms. The molecule has 6 nitrogen and oxygen atoms in total. The molecule has 0 spiro atoms. The third-order valence-corrected chi connectivity index (χ3v) is 6.75. The number of fused-ring (bicyclic) bond motifs is 2. The zero-order valence-corrected chi connectivity index (χ0v) is 17.3. The molecule has 0 aromatic heterocycles. The Hall–Kier alpha value is -2.70. The molecule has 3 aliphatic rings. The summed E-state index contributed by atoms with van der Waals surface area (Å²) in [7, 11) is 0. The van der Waals surface area contributed by atoms with Gasteiger partial charge in [-0.15, -0.1) is 0 Å². The number of hydrogen-bond acceptors (Lipinski definition) is 4. The Morgan fingerprint density at radius 1 is 1.07 bits per heavy atom. The quantitative estimate of drug-likeness (QED) is 0.854. The Morgan fingerprint density at radius 2 is 1.83 bits per heavy atom. The fourth-order valence-electron chi connectivity index (χ4n) is 5.16. The van der Waals surface area contributed by atoms with E-state index >= 15 is 0 Å². The predicted octanol–water partition coefficient (Wildman–Crippen LogP) is 2.45. The van der Waals surface area contributed by atoms with Gasteiger partial charge in [0, 0.05) is 25.3 Å². The zero-order chi connectivity index (χ0) is 20.7.